The SMILES string of the molecule is O=C(CSc1nnc2sc3ccccc3n12)Nc1ccc(F)c(Cl)c1. The first-order chi connectivity index (χ1) is 12.1. The molecule has 5 nitrogen and oxygen atoms in total. The van der Waals surface area contributed by atoms with E-state index in [1.165, 1.54) is 30.0 Å². The van der Waals surface area contributed by atoms with Crippen LogP contribution in [-0.4, -0.2) is 26.3 Å². The minimum atomic E-state index is -0.524. The molecule has 0 spiro atoms. The first-order valence-electron chi connectivity index (χ1n) is 7.22. The number of carbonyl (C=O) groups is 1. The summed E-state index contributed by atoms with van der Waals surface area (Å²) in [6.45, 7) is 0. The van der Waals surface area contributed by atoms with Crippen LogP contribution in [0.4, 0.5) is 10.1 Å². The second-order valence-electron chi connectivity index (χ2n) is 5.14. The van der Waals surface area contributed by atoms with Gasteiger partial charge in [0.2, 0.25) is 10.9 Å². The van der Waals surface area contributed by atoms with E-state index in [9.17, 15) is 9.18 Å². The molecular weight excluding hydrogens is 383 g/mol. The van der Waals surface area contributed by atoms with E-state index < -0.39 is 5.82 Å². The van der Waals surface area contributed by atoms with Gasteiger partial charge >= 0.3 is 0 Å². The van der Waals surface area contributed by atoms with E-state index in [0.717, 1.165) is 15.2 Å². The van der Waals surface area contributed by atoms with Crippen LogP contribution in [0.25, 0.3) is 15.2 Å². The molecule has 0 unspecified atom stereocenters. The van der Waals surface area contributed by atoms with E-state index in [2.05, 4.69) is 15.5 Å². The highest BCUT2D eigenvalue weighted by Gasteiger charge is 2.14. The van der Waals surface area contributed by atoms with Crippen LogP contribution in [0.2, 0.25) is 5.02 Å². The third kappa shape index (κ3) is 3.20. The van der Waals surface area contributed by atoms with Crippen LogP contribution in [0.15, 0.2) is 47.6 Å². The second-order valence-corrected chi connectivity index (χ2v) is 7.49. The van der Waals surface area contributed by atoms with E-state index in [1.807, 2.05) is 28.7 Å². The number of nitrogens with zero attached hydrogens (tertiary/aromatic N) is 3. The largest absolute Gasteiger partial charge is 0.325 e. The number of hydrogen-bond donors (Lipinski definition) is 1. The maximum absolute atomic E-state index is 13.1. The number of rotatable bonds is 4. The van der Waals surface area contributed by atoms with E-state index in [4.69, 9.17) is 11.6 Å². The summed E-state index contributed by atoms with van der Waals surface area (Å²) >= 11 is 8.55. The molecular formula is C16H10ClFN4OS2. The Kier molecular flexibility index (Phi) is 4.32. The number of thiazole rings is 1. The number of nitrogens with one attached hydrogen (secondary N) is 1. The van der Waals surface area contributed by atoms with Gasteiger partial charge in [-0.2, -0.15) is 0 Å². The number of para-hydroxylation sites is 1. The molecule has 25 heavy (non-hydrogen) atoms. The van der Waals surface area contributed by atoms with Crippen LogP contribution < -0.4 is 5.32 Å². The number of thioether (sulfide) groups is 1. The molecule has 1 N–H and O–H groups in total. The van der Waals surface area contributed by atoms with Gasteiger partial charge in [0.15, 0.2) is 5.16 Å². The molecule has 0 aliphatic carbocycles. The van der Waals surface area contributed by atoms with Crippen molar-refractivity contribution in [1.29, 1.82) is 0 Å². The third-order valence-electron chi connectivity index (χ3n) is 3.45. The summed E-state index contributed by atoms with van der Waals surface area (Å²) in [5.74, 6) is -0.604. The molecule has 0 aliphatic heterocycles. The quantitative estimate of drug-likeness (QED) is 0.521. The number of halogens is 2. The molecule has 0 fully saturated rings. The number of amides is 1. The van der Waals surface area contributed by atoms with Gasteiger partial charge in [0.25, 0.3) is 0 Å². The molecule has 0 bridgehead atoms. The van der Waals surface area contributed by atoms with Crippen molar-refractivity contribution in [2.45, 2.75) is 5.16 Å². The van der Waals surface area contributed by atoms with Gasteiger partial charge in [-0.15, -0.1) is 10.2 Å². The second kappa shape index (κ2) is 6.62. The highest BCUT2D eigenvalue weighted by atomic mass is 35.5. The average Bonchev–Trinajstić information content (AvgIpc) is 3.15. The van der Waals surface area contributed by atoms with Gasteiger partial charge in [-0.25, -0.2) is 4.39 Å². The van der Waals surface area contributed by atoms with Gasteiger partial charge in [-0.1, -0.05) is 46.8 Å². The monoisotopic (exact) mass is 392 g/mol. The fourth-order valence-corrected chi connectivity index (χ4v) is 4.30. The number of anilines is 1. The molecule has 0 saturated heterocycles. The molecule has 2 heterocycles. The predicted octanol–water partition coefficient (Wildman–Crippen LogP) is 4.47. The zero-order chi connectivity index (χ0) is 17.4. The molecule has 0 radical (unpaired) electrons. The van der Waals surface area contributed by atoms with Crippen LogP contribution in [0, 0.1) is 5.82 Å². The molecule has 1 amide bonds. The van der Waals surface area contributed by atoms with Crippen molar-refractivity contribution in [2.24, 2.45) is 0 Å². The number of fused-ring (bicyclic) bond motifs is 3. The summed E-state index contributed by atoms with van der Waals surface area (Å²) in [7, 11) is 0. The molecule has 9 heteroatoms. The third-order valence-corrected chi connectivity index (χ3v) is 5.68. The minimum Gasteiger partial charge on any atom is -0.325 e. The fraction of sp³-hybridized carbons (Fsp3) is 0.0625. The van der Waals surface area contributed by atoms with Crippen LogP contribution >= 0.6 is 34.7 Å². The van der Waals surface area contributed by atoms with Crippen LogP contribution in [0.1, 0.15) is 0 Å². The Bertz CT molecular complexity index is 1090. The Hall–Kier alpha value is -2.16. The number of hydrogen-bond acceptors (Lipinski definition) is 5. The molecule has 126 valence electrons. The molecule has 0 saturated carbocycles. The van der Waals surface area contributed by atoms with Crippen molar-refractivity contribution < 1.29 is 9.18 Å². The fourth-order valence-electron chi connectivity index (χ4n) is 2.35. The summed E-state index contributed by atoms with van der Waals surface area (Å²) in [6.07, 6.45) is 0. The molecule has 4 rings (SSSR count). The Morgan fingerprint density at radius 1 is 1.28 bits per heavy atom. The number of aromatic nitrogens is 3. The minimum absolute atomic E-state index is 0.0330. The first-order valence-corrected chi connectivity index (χ1v) is 9.40. The number of carbonyl (C=O) groups excluding carboxylic acids is 1. The maximum atomic E-state index is 13.1. The molecule has 0 atom stereocenters. The van der Waals surface area contributed by atoms with Crippen molar-refractivity contribution in [3.8, 4) is 0 Å². The Morgan fingerprint density at radius 2 is 2.12 bits per heavy atom. The van der Waals surface area contributed by atoms with Crippen LogP contribution in [0.5, 0.6) is 0 Å². The van der Waals surface area contributed by atoms with Gasteiger partial charge < -0.3 is 5.32 Å². The summed E-state index contributed by atoms with van der Waals surface area (Å²) in [5.41, 5.74) is 1.46. The normalized spacial score (nSPS) is 11.3. The Labute approximate surface area is 154 Å². The highest BCUT2D eigenvalue weighted by molar-refractivity contribution is 7.99. The van der Waals surface area contributed by atoms with Crippen molar-refractivity contribution >= 4 is 61.5 Å². The molecule has 0 aliphatic rings. The van der Waals surface area contributed by atoms with E-state index in [0.29, 0.717) is 10.8 Å². The highest BCUT2D eigenvalue weighted by Crippen LogP contribution is 2.29. The van der Waals surface area contributed by atoms with Gasteiger partial charge in [-0.3, -0.25) is 9.20 Å². The lowest BCUT2D eigenvalue weighted by Gasteiger charge is -2.05. The smallest absolute Gasteiger partial charge is 0.234 e. The molecule has 4 aromatic rings. The first kappa shape index (κ1) is 16.3. The van der Waals surface area contributed by atoms with Crippen molar-refractivity contribution in [3.05, 3.63) is 53.3 Å². The standard InChI is InChI=1S/C16H10ClFN4OS2/c17-10-7-9(5-6-11(10)18)19-14(23)8-24-15-20-21-16-22(15)12-3-1-2-4-13(12)25-16/h1-7H,8H2,(H,19,23). The topological polar surface area (TPSA) is 59.3 Å². The van der Waals surface area contributed by atoms with E-state index in [-0.39, 0.29) is 16.7 Å². The lowest BCUT2D eigenvalue weighted by molar-refractivity contribution is -0.113. The average molecular weight is 393 g/mol. The van der Waals surface area contributed by atoms with Crippen molar-refractivity contribution in [2.75, 3.05) is 11.1 Å². The summed E-state index contributed by atoms with van der Waals surface area (Å²) in [6, 6.07) is 12.0. The zero-order valence-electron chi connectivity index (χ0n) is 12.6. The maximum Gasteiger partial charge on any atom is 0.234 e. The van der Waals surface area contributed by atoms with Gasteiger partial charge in [-0.05, 0) is 30.3 Å². The summed E-state index contributed by atoms with van der Waals surface area (Å²) < 4.78 is 16.2. The Balaban J connectivity index is 1.50. The van der Waals surface area contributed by atoms with Crippen LogP contribution in [0.3, 0.4) is 0 Å². The van der Waals surface area contributed by atoms with Gasteiger partial charge in [0, 0.05) is 5.69 Å². The predicted molar refractivity (Wildman–Crippen MR) is 99.1 cm³/mol. The van der Waals surface area contributed by atoms with Gasteiger partial charge in [0.1, 0.15) is 5.82 Å². The van der Waals surface area contributed by atoms with Crippen molar-refractivity contribution in [1.82, 2.24) is 14.6 Å². The summed E-state index contributed by atoms with van der Waals surface area (Å²) in [5, 5.41) is 11.6. The molecule has 2 aromatic carbocycles. The summed E-state index contributed by atoms with van der Waals surface area (Å²) in [4.78, 5) is 12.9. The van der Waals surface area contributed by atoms with E-state index in [1.54, 1.807) is 11.3 Å². The van der Waals surface area contributed by atoms with Gasteiger partial charge in [0.05, 0.1) is 21.0 Å². The number of benzene rings is 2. The lowest BCUT2D eigenvalue weighted by atomic mass is 10.3. The van der Waals surface area contributed by atoms with E-state index >= 15 is 0 Å². The lowest BCUT2D eigenvalue weighted by Crippen LogP contribution is -2.14. The van der Waals surface area contributed by atoms with Crippen LogP contribution in [-0.2, 0) is 4.79 Å². The Morgan fingerprint density at radius 3 is 2.96 bits per heavy atom. The molecule has 2 aromatic heterocycles. The zero-order valence-corrected chi connectivity index (χ0v) is 15.0. The van der Waals surface area contributed by atoms with Crippen molar-refractivity contribution in [3.63, 3.8) is 0 Å².